The second-order valence-corrected chi connectivity index (χ2v) is 7.48. The van der Waals surface area contributed by atoms with Gasteiger partial charge in [-0.1, -0.05) is 13.3 Å². The number of nitrogens with one attached hydrogen (secondary N) is 1. The zero-order chi connectivity index (χ0) is 16.9. The van der Waals surface area contributed by atoms with E-state index in [0.717, 1.165) is 49.6 Å². The third kappa shape index (κ3) is 3.93. The molecule has 0 atom stereocenters. The summed E-state index contributed by atoms with van der Waals surface area (Å²) >= 11 is 1.61. The van der Waals surface area contributed by atoms with Gasteiger partial charge in [-0.3, -0.25) is 4.79 Å². The van der Waals surface area contributed by atoms with E-state index in [9.17, 15) is 4.79 Å². The monoisotopic (exact) mass is 344 g/mol. The van der Waals surface area contributed by atoms with E-state index >= 15 is 0 Å². The van der Waals surface area contributed by atoms with Crippen LogP contribution in [0.25, 0.3) is 0 Å². The molecule has 2 aromatic rings. The first kappa shape index (κ1) is 16.9. The second kappa shape index (κ2) is 7.75. The SMILES string of the molecule is CCCc1cc(C(=O)NC2CCN(c3ncccn3)CC2)sc1C. The number of hydrogen-bond donors (Lipinski definition) is 1. The van der Waals surface area contributed by atoms with Crippen LogP contribution in [0, 0.1) is 6.92 Å². The van der Waals surface area contributed by atoms with Crippen LogP contribution in [0.1, 0.15) is 46.3 Å². The van der Waals surface area contributed by atoms with Crippen LogP contribution in [0.4, 0.5) is 5.95 Å². The molecule has 6 heteroatoms. The third-order valence-corrected chi connectivity index (χ3v) is 5.52. The number of aromatic nitrogens is 2. The van der Waals surface area contributed by atoms with Gasteiger partial charge in [0, 0.05) is 36.4 Å². The number of aryl methyl sites for hydroxylation is 2. The lowest BCUT2D eigenvalue weighted by molar-refractivity contribution is 0.0935. The summed E-state index contributed by atoms with van der Waals surface area (Å²) in [5, 5.41) is 3.19. The van der Waals surface area contributed by atoms with Crippen molar-refractivity contribution in [3.8, 4) is 0 Å². The normalized spacial score (nSPS) is 15.5. The van der Waals surface area contributed by atoms with E-state index in [1.54, 1.807) is 23.7 Å². The number of piperidine rings is 1. The number of nitrogens with zero attached hydrogens (tertiary/aromatic N) is 3. The van der Waals surface area contributed by atoms with Crippen LogP contribution >= 0.6 is 11.3 Å². The Kier molecular flexibility index (Phi) is 5.45. The molecule has 1 amide bonds. The van der Waals surface area contributed by atoms with Crippen LogP contribution in [0.5, 0.6) is 0 Å². The van der Waals surface area contributed by atoms with Gasteiger partial charge in [0.25, 0.3) is 5.91 Å². The van der Waals surface area contributed by atoms with Gasteiger partial charge in [0.2, 0.25) is 5.95 Å². The van der Waals surface area contributed by atoms with Gasteiger partial charge in [0.1, 0.15) is 0 Å². The molecule has 2 aromatic heterocycles. The molecule has 1 fully saturated rings. The number of anilines is 1. The highest BCUT2D eigenvalue weighted by atomic mass is 32.1. The number of thiophene rings is 1. The molecule has 0 aromatic carbocycles. The lowest BCUT2D eigenvalue weighted by atomic mass is 10.1. The minimum Gasteiger partial charge on any atom is -0.348 e. The maximum absolute atomic E-state index is 12.5. The molecule has 24 heavy (non-hydrogen) atoms. The van der Waals surface area contributed by atoms with Gasteiger partial charge < -0.3 is 10.2 Å². The van der Waals surface area contributed by atoms with Gasteiger partial charge in [0.05, 0.1) is 4.88 Å². The van der Waals surface area contributed by atoms with E-state index < -0.39 is 0 Å². The van der Waals surface area contributed by atoms with Crippen molar-refractivity contribution in [3.05, 3.63) is 39.8 Å². The summed E-state index contributed by atoms with van der Waals surface area (Å²) in [6.07, 6.45) is 7.54. The second-order valence-electron chi connectivity index (χ2n) is 6.23. The minimum absolute atomic E-state index is 0.0693. The Bertz CT molecular complexity index is 678. The molecular formula is C18H24N4OS. The molecule has 0 aliphatic carbocycles. The van der Waals surface area contributed by atoms with Crippen molar-refractivity contribution < 1.29 is 4.79 Å². The highest BCUT2D eigenvalue weighted by molar-refractivity contribution is 7.14. The average Bonchev–Trinajstić information content (AvgIpc) is 2.98. The lowest BCUT2D eigenvalue weighted by Crippen LogP contribution is -2.45. The number of carbonyl (C=O) groups is 1. The Hall–Kier alpha value is -1.95. The number of hydrogen-bond acceptors (Lipinski definition) is 5. The molecule has 0 unspecified atom stereocenters. The number of amides is 1. The van der Waals surface area contributed by atoms with Crippen molar-refractivity contribution in [2.75, 3.05) is 18.0 Å². The molecule has 3 heterocycles. The molecule has 5 nitrogen and oxygen atoms in total. The summed E-state index contributed by atoms with van der Waals surface area (Å²) in [6, 6.07) is 4.12. The molecule has 0 bridgehead atoms. The Labute approximate surface area is 147 Å². The van der Waals surface area contributed by atoms with Crippen molar-refractivity contribution in [1.29, 1.82) is 0 Å². The van der Waals surface area contributed by atoms with Gasteiger partial charge in [-0.05, 0) is 43.9 Å². The first-order valence-electron chi connectivity index (χ1n) is 8.59. The van der Waals surface area contributed by atoms with Gasteiger partial charge >= 0.3 is 0 Å². The first-order chi connectivity index (χ1) is 11.7. The molecule has 3 rings (SSSR count). The molecular weight excluding hydrogens is 320 g/mol. The van der Waals surface area contributed by atoms with Crippen molar-refractivity contribution in [2.45, 2.75) is 45.6 Å². The molecule has 1 aliphatic rings. The summed E-state index contributed by atoms with van der Waals surface area (Å²) in [4.78, 5) is 25.4. The largest absolute Gasteiger partial charge is 0.348 e. The predicted octanol–water partition coefficient (Wildman–Crippen LogP) is 3.20. The first-order valence-corrected chi connectivity index (χ1v) is 9.41. The summed E-state index contributed by atoms with van der Waals surface area (Å²) in [5.41, 5.74) is 1.31. The summed E-state index contributed by atoms with van der Waals surface area (Å²) in [7, 11) is 0. The Morgan fingerprint density at radius 1 is 1.33 bits per heavy atom. The van der Waals surface area contributed by atoms with E-state index in [0.29, 0.717) is 0 Å². The minimum atomic E-state index is 0.0693. The van der Waals surface area contributed by atoms with Crippen LogP contribution < -0.4 is 10.2 Å². The van der Waals surface area contributed by atoms with Crippen LogP contribution in [-0.2, 0) is 6.42 Å². The molecule has 1 N–H and O–H groups in total. The number of rotatable bonds is 5. The van der Waals surface area contributed by atoms with Gasteiger partial charge in [0.15, 0.2) is 0 Å². The fourth-order valence-electron chi connectivity index (χ4n) is 3.08. The van der Waals surface area contributed by atoms with Gasteiger partial charge in [-0.25, -0.2) is 9.97 Å². The zero-order valence-electron chi connectivity index (χ0n) is 14.3. The highest BCUT2D eigenvalue weighted by Gasteiger charge is 2.23. The van der Waals surface area contributed by atoms with Crippen LogP contribution in [0.15, 0.2) is 24.5 Å². The van der Waals surface area contributed by atoms with Gasteiger partial charge in [-0.15, -0.1) is 11.3 Å². The molecule has 128 valence electrons. The van der Waals surface area contributed by atoms with Crippen molar-refractivity contribution in [3.63, 3.8) is 0 Å². The molecule has 1 saturated heterocycles. The van der Waals surface area contributed by atoms with Crippen LogP contribution in [0.3, 0.4) is 0 Å². The smallest absolute Gasteiger partial charge is 0.261 e. The standard InChI is InChI=1S/C18H24N4OS/c1-3-5-14-12-16(24-13(14)2)17(23)21-15-6-10-22(11-7-15)18-19-8-4-9-20-18/h4,8-9,12,15H,3,5-7,10-11H2,1-2H3,(H,21,23). The summed E-state index contributed by atoms with van der Waals surface area (Å²) < 4.78 is 0. The fraction of sp³-hybridized carbons (Fsp3) is 0.500. The summed E-state index contributed by atoms with van der Waals surface area (Å²) in [6.45, 7) is 6.02. The zero-order valence-corrected chi connectivity index (χ0v) is 15.1. The van der Waals surface area contributed by atoms with Crippen molar-refractivity contribution in [2.24, 2.45) is 0 Å². The average molecular weight is 344 g/mol. The third-order valence-electron chi connectivity index (χ3n) is 4.43. The molecule has 0 spiro atoms. The molecule has 1 aliphatic heterocycles. The molecule has 0 radical (unpaired) electrons. The molecule has 0 saturated carbocycles. The van der Waals surface area contributed by atoms with E-state index in [-0.39, 0.29) is 11.9 Å². The Balaban J connectivity index is 1.54. The maximum atomic E-state index is 12.5. The van der Waals surface area contributed by atoms with Gasteiger partial charge in [-0.2, -0.15) is 0 Å². The quantitative estimate of drug-likeness (QED) is 0.905. The van der Waals surface area contributed by atoms with E-state index in [1.165, 1.54) is 10.4 Å². The van der Waals surface area contributed by atoms with E-state index in [2.05, 4.69) is 40.1 Å². The Morgan fingerprint density at radius 2 is 2.04 bits per heavy atom. The maximum Gasteiger partial charge on any atom is 0.261 e. The Morgan fingerprint density at radius 3 is 2.71 bits per heavy atom. The lowest BCUT2D eigenvalue weighted by Gasteiger charge is -2.32. The van der Waals surface area contributed by atoms with E-state index in [1.807, 2.05) is 6.07 Å². The highest BCUT2D eigenvalue weighted by Crippen LogP contribution is 2.23. The summed E-state index contributed by atoms with van der Waals surface area (Å²) in [5.74, 6) is 0.847. The fourth-order valence-corrected chi connectivity index (χ4v) is 4.06. The predicted molar refractivity (Wildman–Crippen MR) is 97.8 cm³/mol. The topological polar surface area (TPSA) is 58.1 Å². The van der Waals surface area contributed by atoms with Crippen molar-refractivity contribution >= 4 is 23.2 Å². The van der Waals surface area contributed by atoms with E-state index in [4.69, 9.17) is 0 Å². The van der Waals surface area contributed by atoms with Crippen LogP contribution in [-0.4, -0.2) is 35.0 Å². The van der Waals surface area contributed by atoms with Crippen molar-refractivity contribution in [1.82, 2.24) is 15.3 Å². The number of carbonyl (C=O) groups excluding carboxylic acids is 1. The van der Waals surface area contributed by atoms with Crippen LogP contribution in [0.2, 0.25) is 0 Å².